The number of ketones is 1. The summed E-state index contributed by atoms with van der Waals surface area (Å²) in [6.45, 7) is 2.31. The Labute approximate surface area is 186 Å². The summed E-state index contributed by atoms with van der Waals surface area (Å²) in [6, 6.07) is 11.4. The number of carbonyl (C=O) groups is 2. The van der Waals surface area contributed by atoms with Gasteiger partial charge in [0.1, 0.15) is 11.8 Å². The number of fused-ring (bicyclic) bond motifs is 1. The number of nitriles is 1. The van der Waals surface area contributed by atoms with Crippen LogP contribution in [0.3, 0.4) is 0 Å². The zero-order chi connectivity index (χ0) is 22.8. The number of benzene rings is 2. The molecule has 0 fully saturated rings. The number of methoxy groups -OCH3 is 2. The average Bonchev–Trinajstić information content (AvgIpc) is 2.97. The third kappa shape index (κ3) is 3.95. The highest BCUT2D eigenvalue weighted by Crippen LogP contribution is 2.37. The van der Waals surface area contributed by atoms with E-state index in [9.17, 15) is 14.9 Å². The van der Waals surface area contributed by atoms with Crippen LogP contribution in [-0.2, 0) is 20.7 Å². The van der Waals surface area contributed by atoms with Gasteiger partial charge in [0.05, 0.1) is 37.6 Å². The standard InChI is InChI=1S/C25H23N3O4/c1-14-6-17(12-26)24(31-2)11-18(14)16-9-21-19(23(29)10-16)13-27-22-7-15(8-25(30)32-3)4-5-20(22)28-21/h4-7,9,11,27-28H,8,10,13H2,1-3H3. The van der Waals surface area contributed by atoms with Gasteiger partial charge < -0.3 is 20.1 Å². The van der Waals surface area contributed by atoms with Gasteiger partial charge in [0.2, 0.25) is 0 Å². The number of carbonyl (C=O) groups excluding carboxylic acids is 2. The Morgan fingerprint density at radius 2 is 2.00 bits per heavy atom. The van der Waals surface area contributed by atoms with Crippen molar-refractivity contribution in [3.8, 4) is 11.8 Å². The van der Waals surface area contributed by atoms with Crippen LogP contribution in [0.2, 0.25) is 0 Å². The zero-order valence-electron chi connectivity index (χ0n) is 18.2. The quantitative estimate of drug-likeness (QED) is 0.714. The molecule has 0 radical (unpaired) electrons. The molecule has 4 rings (SSSR count). The van der Waals surface area contributed by atoms with Gasteiger partial charge in [-0.3, -0.25) is 9.59 Å². The molecule has 1 aliphatic carbocycles. The van der Waals surface area contributed by atoms with Gasteiger partial charge >= 0.3 is 5.97 Å². The smallest absolute Gasteiger partial charge is 0.309 e. The largest absolute Gasteiger partial charge is 0.495 e. The molecule has 7 heteroatoms. The van der Waals surface area contributed by atoms with Gasteiger partial charge in [-0.25, -0.2) is 0 Å². The topological polar surface area (TPSA) is 100 Å². The summed E-state index contributed by atoms with van der Waals surface area (Å²) in [7, 11) is 2.89. The molecule has 0 unspecified atom stereocenters. The number of Topliss-reactive ketones (excluding diaryl/α,β-unsaturated/α-hetero) is 1. The van der Waals surface area contributed by atoms with E-state index in [1.165, 1.54) is 14.2 Å². The summed E-state index contributed by atoms with van der Waals surface area (Å²) in [4.78, 5) is 24.6. The number of allylic oxidation sites excluding steroid dienone is 2. The van der Waals surface area contributed by atoms with E-state index < -0.39 is 0 Å². The van der Waals surface area contributed by atoms with E-state index in [-0.39, 0.29) is 24.6 Å². The molecule has 1 heterocycles. The van der Waals surface area contributed by atoms with Gasteiger partial charge in [-0.2, -0.15) is 5.26 Å². The third-order valence-corrected chi connectivity index (χ3v) is 5.73. The molecule has 2 aromatic carbocycles. The highest BCUT2D eigenvalue weighted by atomic mass is 16.5. The molecule has 2 aliphatic rings. The summed E-state index contributed by atoms with van der Waals surface area (Å²) in [6.07, 6.45) is 2.44. The molecule has 0 amide bonds. The summed E-state index contributed by atoms with van der Waals surface area (Å²) in [5.41, 5.74) is 7.01. The van der Waals surface area contributed by atoms with Gasteiger partial charge in [-0.05, 0) is 59.5 Å². The van der Waals surface area contributed by atoms with Crippen molar-refractivity contribution in [1.82, 2.24) is 0 Å². The molecule has 32 heavy (non-hydrogen) atoms. The van der Waals surface area contributed by atoms with Crippen molar-refractivity contribution in [3.05, 3.63) is 69.9 Å². The molecule has 0 saturated heterocycles. The van der Waals surface area contributed by atoms with E-state index in [0.717, 1.165) is 39.3 Å². The van der Waals surface area contributed by atoms with Crippen molar-refractivity contribution in [1.29, 1.82) is 5.26 Å². The Morgan fingerprint density at radius 3 is 2.72 bits per heavy atom. The Hall–Kier alpha value is -4.05. The second kappa shape index (κ2) is 8.60. The molecule has 0 aromatic heterocycles. The predicted octanol–water partition coefficient (Wildman–Crippen LogP) is 3.74. The number of ether oxygens (including phenoxy) is 2. The van der Waals surface area contributed by atoms with Crippen molar-refractivity contribution in [2.75, 3.05) is 31.4 Å². The lowest BCUT2D eigenvalue weighted by Crippen LogP contribution is -2.19. The summed E-state index contributed by atoms with van der Waals surface area (Å²) >= 11 is 0. The molecule has 2 N–H and O–H groups in total. The van der Waals surface area contributed by atoms with Crippen LogP contribution in [0.25, 0.3) is 5.57 Å². The van der Waals surface area contributed by atoms with Gasteiger partial charge in [-0.1, -0.05) is 6.07 Å². The first-order chi connectivity index (χ1) is 15.4. The van der Waals surface area contributed by atoms with E-state index in [0.29, 0.717) is 23.4 Å². The fourth-order valence-electron chi connectivity index (χ4n) is 4.03. The zero-order valence-corrected chi connectivity index (χ0v) is 18.2. The molecule has 0 saturated carbocycles. The molecule has 1 aliphatic heterocycles. The highest BCUT2D eigenvalue weighted by molar-refractivity contribution is 6.07. The number of nitrogens with one attached hydrogen (secondary N) is 2. The van der Waals surface area contributed by atoms with E-state index in [4.69, 9.17) is 9.47 Å². The Kier molecular flexibility index (Phi) is 5.69. The van der Waals surface area contributed by atoms with Crippen molar-refractivity contribution < 1.29 is 19.1 Å². The van der Waals surface area contributed by atoms with E-state index in [1.807, 2.05) is 37.3 Å². The number of rotatable bonds is 4. The van der Waals surface area contributed by atoms with Crippen LogP contribution < -0.4 is 15.4 Å². The van der Waals surface area contributed by atoms with Crippen LogP contribution in [0, 0.1) is 18.3 Å². The second-order valence-electron chi connectivity index (χ2n) is 7.75. The van der Waals surface area contributed by atoms with Crippen LogP contribution in [0.4, 0.5) is 11.4 Å². The number of hydrogen-bond donors (Lipinski definition) is 2. The molecular formula is C25H23N3O4. The minimum absolute atomic E-state index is 0.0304. The maximum Gasteiger partial charge on any atom is 0.309 e. The van der Waals surface area contributed by atoms with Crippen molar-refractivity contribution in [2.45, 2.75) is 19.8 Å². The van der Waals surface area contributed by atoms with E-state index in [2.05, 4.69) is 16.7 Å². The Bertz CT molecular complexity index is 1230. The number of nitrogens with zero attached hydrogens (tertiary/aromatic N) is 1. The Balaban J connectivity index is 1.69. The first kappa shape index (κ1) is 21.2. The minimum atomic E-state index is -0.306. The molecule has 162 valence electrons. The van der Waals surface area contributed by atoms with Crippen molar-refractivity contribution >= 4 is 28.7 Å². The average molecular weight is 429 g/mol. The van der Waals surface area contributed by atoms with Crippen LogP contribution in [-0.4, -0.2) is 32.5 Å². The van der Waals surface area contributed by atoms with Crippen molar-refractivity contribution in [3.63, 3.8) is 0 Å². The summed E-state index contributed by atoms with van der Waals surface area (Å²) < 4.78 is 10.1. The highest BCUT2D eigenvalue weighted by Gasteiger charge is 2.26. The summed E-state index contributed by atoms with van der Waals surface area (Å²) in [5, 5.41) is 16.0. The lowest BCUT2D eigenvalue weighted by Gasteiger charge is -2.20. The molecular weight excluding hydrogens is 406 g/mol. The van der Waals surface area contributed by atoms with Gasteiger partial charge in [0.15, 0.2) is 5.78 Å². The number of esters is 1. The van der Waals surface area contributed by atoms with Crippen molar-refractivity contribution in [2.24, 2.45) is 0 Å². The maximum absolute atomic E-state index is 13.0. The van der Waals surface area contributed by atoms with Gasteiger partial charge in [-0.15, -0.1) is 0 Å². The lowest BCUT2D eigenvalue weighted by atomic mass is 9.87. The van der Waals surface area contributed by atoms with Gasteiger partial charge in [0, 0.05) is 24.2 Å². The lowest BCUT2D eigenvalue weighted by molar-refractivity contribution is -0.139. The first-order valence-corrected chi connectivity index (χ1v) is 10.2. The van der Waals surface area contributed by atoms with Gasteiger partial charge in [0.25, 0.3) is 0 Å². The maximum atomic E-state index is 13.0. The number of hydrogen-bond acceptors (Lipinski definition) is 7. The van der Waals surface area contributed by atoms with Crippen LogP contribution in [0.15, 0.2) is 47.7 Å². The fraction of sp³-hybridized carbons (Fsp3) is 0.240. The first-order valence-electron chi connectivity index (χ1n) is 10.2. The van der Waals surface area contributed by atoms with Crippen LogP contribution in [0.1, 0.15) is 28.7 Å². The normalized spacial score (nSPS) is 14.7. The third-order valence-electron chi connectivity index (χ3n) is 5.73. The monoisotopic (exact) mass is 429 g/mol. The van der Waals surface area contributed by atoms with Crippen LogP contribution >= 0.6 is 0 Å². The van der Waals surface area contributed by atoms with Crippen LogP contribution in [0.5, 0.6) is 5.75 Å². The molecule has 0 bridgehead atoms. The van der Waals surface area contributed by atoms with E-state index >= 15 is 0 Å². The molecule has 0 atom stereocenters. The second-order valence-corrected chi connectivity index (χ2v) is 7.75. The summed E-state index contributed by atoms with van der Waals surface area (Å²) in [5.74, 6) is 0.211. The fourth-order valence-corrected chi connectivity index (χ4v) is 4.03. The molecule has 7 nitrogen and oxygen atoms in total. The Morgan fingerprint density at radius 1 is 1.19 bits per heavy atom. The number of anilines is 2. The predicted molar refractivity (Wildman–Crippen MR) is 121 cm³/mol. The number of aryl methyl sites for hydroxylation is 1. The molecule has 0 spiro atoms. The minimum Gasteiger partial charge on any atom is -0.495 e. The SMILES string of the molecule is COC(=O)Cc1ccc2c(c1)NCC1=C(C=C(c3cc(OC)c(C#N)cc3C)CC1=O)N2. The van der Waals surface area contributed by atoms with E-state index in [1.54, 1.807) is 6.07 Å². The molecule has 2 aromatic rings.